The topological polar surface area (TPSA) is 38.7 Å². The fourth-order valence-electron chi connectivity index (χ4n) is 7.09. The van der Waals surface area contributed by atoms with Gasteiger partial charge in [0.2, 0.25) is 0 Å². The van der Waals surface area contributed by atoms with Crippen molar-refractivity contribution in [1.29, 1.82) is 0 Å². The van der Waals surface area contributed by atoms with Gasteiger partial charge in [0, 0.05) is 16.7 Å². The number of benzene rings is 7. The van der Waals surface area contributed by atoms with Gasteiger partial charge in [0.15, 0.2) is 17.5 Å². The van der Waals surface area contributed by atoms with E-state index >= 15 is 0 Å². The standard InChI is InChI=1S/C46H31N3/c1-3-16-31(17-4-1)44-47-45(32-18-5-2-6-19-32)49-46(48-44)42-28-14-13-26-39(42)35-22-8-7-21-34(35)33-20-15-29-41-38-25-10-9-23-36(38)37-24-11-12-27-40(37)43(41)30-33/h1-14,16-30H,15H2. The third kappa shape index (κ3) is 5.22. The molecular formula is C46H31N3. The zero-order valence-electron chi connectivity index (χ0n) is 26.8. The smallest absolute Gasteiger partial charge is 0.164 e. The number of hydrogen-bond donors (Lipinski definition) is 0. The summed E-state index contributed by atoms with van der Waals surface area (Å²) in [5.74, 6) is 1.95. The van der Waals surface area contributed by atoms with Gasteiger partial charge >= 0.3 is 0 Å². The molecule has 3 nitrogen and oxygen atoms in total. The molecule has 0 N–H and O–H groups in total. The third-order valence-electron chi connectivity index (χ3n) is 9.37. The number of aromatic nitrogens is 3. The van der Waals surface area contributed by atoms with Crippen molar-refractivity contribution in [3.63, 3.8) is 0 Å². The van der Waals surface area contributed by atoms with E-state index in [1.165, 1.54) is 43.1 Å². The van der Waals surface area contributed by atoms with Crippen LogP contribution in [0.25, 0.3) is 84.6 Å². The predicted molar refractivity (Wildman–Crippen MR) is 204 cm³/mol. The zero-order valence-corrected chi connectivity index (χ0v) is 26.8. The summed E-state index contributed by atoms with van der Waals surface area (Å²) < 4.78 is 0. The van der Waals surface area contributed by atoms with E-state index < -0.39 is 0 Å². The SMILES string of the molecule is C1=C(c2ccccc2-c2ccccc2-c2nc(-c3ccccc3)nc(-c3ccccc3)n2)C=c2c(c3ccccc3c3ccccc23)=CC1. The summed E-state index contributed by atoms with van der Waals surface area (Å²) in [5.41, 5.74) is 7.46. The predicted octanol–water partition coefficient (Wildman–Crippen LogP) is 9.89. The second-order valence-electron chi connectivity index (χ2n) is 12.3. The highest BCUT2D eigenvalue weighted by Gasteiger charge is 2.18. The molecule has 1 aliphatic carbocycles. The lowest BCUT2D eigenvalue weighted by atomic mass is 9.90. The molecule has 0 spiro atoms. The van der Waals surface area contributed by atoms with Gasteiger partial charge in [-0.05, 0) is 66.7 Å². The van der Waals surface area contributed by atoms with Gasteiger partial charge in [0.25, 0.3) is 0 Å². The minimum Gasteiger partial charge on any atom is -0.208 e. The lowest BCUT2D eigenvalue weighted by molar-refractivity contribution is 1.07. The Bertz CT molecular complexity index is 2620. The van der Waals surface area contributed by atoms with Gasteiger partial charge in [0.1, 0.15) is 0 Å². The molecule has 9 rings (SSSR count). The Morgan fingerprint density at radius 1 is 0.327 bits per heavy atom. The summed E-state index contributed by atoms with van der Waals surface area (Å²) in [5, 5.41) is 7.69. The van der Waals surface area contributed by atoms with Crippen LogP contribution in [-0.4, -0.2) is 15.0 Å². The van der Waals surface area contributed by atoms with Crippen molar-refractivity contribution in [3.05, 3.63) is 180 Å². The molecule has 0 saturated heterocycles. The van der Waals surface area contributed by atoms with E-state index in [1.54, 1.807) is 0 Å². The summed E-state index contributed by atoms with van der Waals surface area (Å²) in [7, 11) is 0. The number of hydrogen-bond acceptors (Lipinski definition) is 3. The largest absolute Gasteiger partial charge is 0.208 e. The fourth-order valence-corrected chi connectivity index (χ4v) is 7.09. The first-order valence-electron chi connectivity index (χ1n) is 16.7. The van der Waals surface area contributed by atoms with Crippen molar-refractivity contribution in [1.82, 2.24) is 15.0 Å². The van der Waals surface area contributed by atoms with Crippen LogP contribution in [0.2, 0.25) is 0 Å². The second kappa shape index (κ2) is 12.3. The highest BCUT2D eigenvalue weighted by Crippen LogP contribution is 2.37. The molecule has 8 aromatic rings. The molecule has 49 heavy (non-hydrogen) atoms. The van der Waals surface area contributed by atoms with Crippen LogP contribution >= 0.6 is 0 Å². The van der Waals surface area contributed by atoms with Crippen molar-refractivity contribution in [3.8, 4) is 45.3 Å². The maximum atomic E-state index is 5.09. The van der Waals surface area contributed by atoms with Gasteiger partial charge in [-0.3, -0.25) is 0 Å². The van der Waals surface area contributed by atoms with E-state index in [9.17, 15) is 0 Å². The van der Waals surface area contributed by atoms with Gasteiger partial charge < -0.3 is 0 Å². The van der Waals surface area contributed by atoms with Crippen molar-refractivity contribution >= 4 is 39.3 Å². The van der Waals surface area contributed by atoms with E-state index in [1.807, 2.05) is 60.7 Å². The first-order chi connectivity index (χ1) is 24.3. The second-order valence-corrected chi connectivity index (χ2v) is 12.3. The molecule has 0 aliphatic heterocycles. The Kier molecular flexibility index (Phi) is 7.21. The molecule has 3 heteroatoms. The molecule has 230 valence electrons. The van der Waals surface area contributed by atoms with Crippen LogP contribution in [0.15, 0.2) is 164 Å². The van der Waals surface area contributed by atoms with Gasteiger partial charge in [-0.2, -0.15) is 0 Å². The highest BCUT2D eigenvalue weighted by atomic mass is 15.0. The van der Waals surface area contributed by atoms with Crippen molar-refractivity contribution < 1.29 is 0 Å². The molecule has 0 bridgehead atoms. The Morgan fingerprint density at radius 3 is 1.35 bits per heavy atom. The highest BCUT2D eigenvalue weighted by molar-refractivity contribution is 6.10. The van der Waals surface area contributed by atoms with Crippen molar-refractivity contribution in [2.24, 2.45) is 0 Å². The Labute approximate surface area is 284 Å². The molecular weight excluding hydrogens is 595 g/mol. The van der Waals surface area contributed by atoms with E-state index in [2.05, 4.69) is 115 Å². The summed E-state index contributed by atoms with van der Waals surface area (Å²) >= 11 is 0. The maximum Gasteiger partial charge on any atom is 0.164 e. The van der Waals surface area contributed by atoms with Crippen molar-refractivity contribution in [2.75, 3.05) is 0 Å². The minimum absolute atomic E-state index is 0.646. The molecule has 0 amide bonds. The maximum absolute atomic E-state index is 5.09. The zero-order chi connectivity index (χ0) is 32.6. The molecule has 7 aromatic carbocycles. The van der Waals surface area contributed by atoms with Crippen molar-refractivity contribution in [2.45, 2.75) is 6.42 Å². The first-order valence-corrected chi connectivity index (χ1v) is 16.7. The van der Waals surface area contributed by atoms with Crippen LogP contribution in [0.3, 0.4) is 0 Å². The van der Waals surface area contributed by atoms with Crippen LogP contribution in [0.1, 0.15) is 12.0 Å². The average molecular weight is 626 g/mol. The van der Waals surface area contributed by atoms with E-state index in [-0.39, 0.29) is 0 Å². The fraction of sp³-hybridized carbons (Fsp3) is 0.0217. The molecule has 1 heterocycles. The van der Waals surface area contributed by atoms with Gasteiger partial charge in [-0.1, -0.05) is 170 Å². The van der Waals surface area contributed by atoms with Gasteiger partial charge in [0.05, 0.1) is 0 Å². The van der Waals surface area contributed by atoms with Gasteiger partial charge in [-0.25, -0.2) is 15.0 Å². The average Bonchev–Trinajstić information content (AvgIpc) is 3.42. The number of rotatable bonds is 5. The van der Waals surface area contributed by atoms with E-state index in [0.717, 1.165) is 34.2 Å². The molecule has 1 aliphatic rings. The molecule has 1 aromatic heterocycles. The minimum atomic E-state index is 0.646. The summed E-state index contributed by atoms with van der Waals surface area (Å²) in [6, 6.07) is 55.0. The molecule has 0 saturated carbocycles. The molecule has 0 atom stereocenters. The molecule has 0 radical (unpaired) electrons. The van der Waals surface area contributed by atoms with Crippen LogP contribution < -0.4 is 10.4 Å². The van der Waals surface area contributed by atoms with Crippen LogP contribution in [0, 0.1) is 0 Å². The third-order valence-corrected chi connectivity index (χ3v) is 9.37. The van der Waals surface area contributed by atoms with Crippen LogP contribution in [0.5, 0.6) is 0 Å². The normalized spacial score (nSPS) is 12.4. The van der Waals surface area contributed by atoms with Crippen LogP contribution in [-0.2, 0) is 0 Å². The van der Waals surface area contributed by atoms with E-state index in [4.69, 9.17) is 15.0 Å². The summed E-state index contributed by atoms with van der Waals surface area (Å²) in [6.07, 6.45) is 7.96. The first kappa shape index (κ1) is 28.7. The summed E-state index contributed by atoms with van der Waals surface area (Å²) in [4.78, 5) is 15.1. The quantitative estimate of drug-likeness (QED) is 0.179. The lowest BCUT2D eigenvalue weighted by Gasteiger charge is -2.15. The Balaban J connectivity index is 1.24. The monoisotopic (exact) mass is 625 g/mol. The number of nitrogens with zero attached hydrogens (tertiary/aromatic N) is 3. The van der Waals surface area contributed by atoms with Gasteiger partial charge in [-0.15, -0.1) is 0 Å². The van der Waals surface area contributed by atoms with E-state index in [0.29, 0.717) is 17.5 Å². The Hall–Kier alpha value is -6.45. The van der Waals surface area contributed by atoms with Crippen LogP contribution in [0.4, 0.5) is 0 Å². The molecule has 0 unspecified atom stereocenters. The lowest BCUT2D eigenvalue weighted by Crippen LogP contribution is -2.26. The Morgan fingerprint density at radius 2 is 0.755 bits per heavy atom. The molecule has 0 fully saturated rings. The number of fused-ring (bicyclic) bond motifs is 6. The number of allylic oxidation sites excluding steroid dienone is 2. The summed E-state index contributed by atoms with van der Waals surface area (Å²) in [6.45, 7) is 0.